The molecule has 0 saturated heterocycles. The minimum Gasteiger partial charge on any atom is -0.493 e. The van der Waals surface area contributed by atoms with Crippen LogP contribution in [-0.4, -0.2) is 35.6 Å². The van der Waals surface area contributed by atoms with Gasteiger partial charge in [-0.3, -0.25) is 4.79 Å². The number of carbonyl (C=O) groups is 1. The third-order valence-corrected chi connectivity index (χ3v) is 5.03. The molecule has 0 radical (unpaired) electrons. The highest BCUT2D eigenvalue weighted by atomic mass is 16.5. The zero-order valence-electron chi connectivity index (χ0n) is 17.1. The van der Waals surface area contributed by atoms with E-state index in [1.165, 1.54) is 0 Å². The van der Waals surface area contributed by atoms with Crippen LogP contribution in [-0.2, 0) is 12.8 Å². The molecule has 3 aromatic rings. The van der Waals surface area contributed by atoms with Crippen molar-refractivity contribution in [1.29, 1.82) is 0 Å². The molecule has 1 aliphatic carbocycles. The molecule has 0 aliphatic heterocycles. The molecule has 7 nitrogen and oxygen atoms in total. The van der Waals surface area contributed by atoms with Crippen LogP contribution in [0.5, 0.6) is 11.5 Å². The van der Waals surface area contributed by atoms with Gasteiger partial charge in [0.25, 0.3) is 5.91 Å². The summed E-state index contributed by atoms with van der Waals surface area (Å²) in [6, 6.07) is 15.4. The maximum Gasteiger partial charge on any atom is 0.292 e. The second-order valence-corrected chi connectivity index (χ2v) is 6.89. The predicted molar refractivity (Wildman–Crippen MR) is 115 cm³/mol. The van der Waals surface area contributed by atoms with E-state index < -0.39 is 0 Å². The molecule has 0 bridgehead atoms. The van der Waals surface area contributed by atoms with Crippen molar-refractivity contribution in [3.63, 3.8) is 0 Å². The van der Waals surface area contributed by atoms with Gasteiger partial charge >= 0.3 is 0 Å². The summed E-state index contributed by atoms with van der Waals surface area (Å²) in [5.41, 5.74) is 6.81. The molecule has 1 N–H and O–H groups in total. The molecule has 0 saturated carbocycles. The van der Waals surface area contributed by atoms with Crippen LogP contribution in [0.25, 0.3) is 5.69 Å². The largest absolute Gasteiger partial charge is 0.493 e. The average molecular weight is 404 g/mol. The minimum atomic E-state index is -0.320. The topological polar surface area (TPSA) is 77.7 Å². The number of rotatable bonds is 7. The van der Waals surface area contributed by atoms with Gasteiger partial charge in [-0.2, -0.15) is 10.2 Å². The van der Waals surface area contributed by atoms with Gasteiger partial charge in [-0.25, -0.2) is 10.1 Å². The number of para-hydroxylation sites is 2. The number of fused-ring (bicyclic) bond motifs is 1. The Labute approximate surface area is 175 Å². The second kappa shape index (κ2) is 8.82. The predicted octanol–water partition coefficient (Wildman–Crippen LogP) is 3.53. The van der Waals surface area contributed by atoms with Crippen molar-refractivity contribution in [2.24, 2.45) is 5.10 Å². The summed E-state index contributed by atoms with van der Waals surface area (Å²) in [6.45, 7) is 2.40. The fraction of sp³-hybridized carbons (Fsp3) is 0.261. The van der Waals surface area contributed by atoms with E-state index in [2.05, 4.69) is 15.6 Å². The number of ether oxygens (including phenoxy) is 2. The van der Waals surface area contributed by atoms with Gasteiger partial charge in [0, 0.05) is 16.8 Å². The van der Waals surface area contributed by atoms with Crippen molar-refractivity contribution in [3.05, 3.63) is 71.0 Å². The SMILES string of the molecule is CCOc1c(/C=N/NC(=O)c2nn(-c3ccccc3)c3c2CCC3)cccc1OC. The van der Waals surface area contributed by atoms with Gasteiger partial charge in [0.15, 0.2) is 17.2 Å². The van der Waals surface area contributed by atoms with Crippen LogP contribution in [0.15, 0.2) is 53.6 Å². The average Bonchev–Trinajstić information content (AvgIpc) is 3.38. The molecule has 0 unspecified atom stereocenters. The molecule has 4 rings (SSSR count). The fourth-order valence-electron chi connectivity index (χ4n) is 3.71. The zero-order chi connectivity index (χ0) is 20.9. The second-order valence-electron chi connectivity index (χ2n) is 6.89. The summed E-state index contributed by atoms with van der Waals surface area (Å²) in [6.07, 6.45) is 4.33. The van der Waals surface area contributed by atoms with Crippen LogP contribution in [0.2, 0.25) is 0 Å². The third-order valence-electron chi connectivity index (χ3n) is 5.03. The van der Waals surface area contributed by atoms with Crippen molar-refractivity contribution in [1.82, 2.24) is 15.2 Å². The maximum atomic E-state index is 12.8. The first-order valence-corrected chi connectivity index (χ1v) is 10.0. The maximum absolute atomic E-state index is 12.8. The highest BCUT2D eigenvalue weighted by molar-refractivity contribution is 5.95. The molecule has 1 aliphatic rings. The zero-order valence-corrected chi connectivity index (χ0v) is 17.1. The Hall–Kier alpha value is -3.61. The van der Waals surface area contributed by atoms with E-state index in [1.54, 1.807) is 13.3 Å². The van der Waals surface area contributed by atoms with Crippen molar-refractivity contribution in [2.45, 2.75) is 26.2 Å². The van der Waals surface area contributed by atoms with Gasteiger partial charge in [-0.1, -0.05) is 24.3 Å². The van der Waals surface area contributed by atoms with Crippen molar-refractivity contribution < 1.29 is 14.3 Å². The monoisotopic (exact) mass is 404 g/mol. The molecule has 0 fully saturated rings. The Morgan fingerprint density at radius 2 is 2.03 bits per heavy atom. The Morgan fingerprint density at radius 3 is 2.80 bits per heavy atom. The van der Waals surface area contributed by atoms with Gasteiger partial charge in [0.05, 0.1) is 25.6 Å². The lowest BCUT2D eigenvalue weighted by Crippen LogP contribution is -2.20. The van der Waals surface area contributed by atoms with Gasteiger partial charge in [-0.15, -0.1) is 0 Å². The van der Waals surface area contributed by atoms with Gasteiger partial charge in [0.1, 0.15) is 0 Å². The van der Waals surface area contributed by atoms with Crippen molar-refractivity contribution >= 4 is 12.1 Å². The van der Waals surface area contributed by atoms with Crippen LogP contribution in [0.1, 0.15) is 40.7 Å². The van der Waals surface area contributed by atoms with Crippen LogP contribution < -0.4 is 14.9 Å². The molecule has 154 valence electrons. The van der Waals surface area contributed by atoms with Crippen LogP contribution in [0.4, 0.5) is 0 Å². The number of amides is 1. The van der Waals surface area contributed by atoms with Crippen LogP contribution in [0.3, 0.4) is 0 Å². The summed E-state index contributed by atoms with van der Waals surface area (Å²) < 4.78 is 12.9. The van der Waals surface area contributed by atoms with E-state index >= 15 is 0 Å². The molecule has 0 atom stereocenters. The summed E-state index contributed by atoms with van der Waals surface area (Å²) in [5.74, 6) is 0.890. The van der Waals surface area contributed by atoms with Crippen LogP contribution in [0, 0.1) is 0 Å². The van der Waals surface area contributed by atoms with Crippen molar-refractivity contribution in [3.8, 4) is 17.2 Å². The lowest BCUT2D eigenvalue weighted by atomic mass is 10.2. The van der Waals surface area contributed by atoms with E-state index in [0.717, 1.165) is 41.8 Å². The van der Waals surface area contributed by atoms with Gasteiger partial charge in [0.2, 0.25) is 0 Å². The van der Waals surface area contributed by atoms with Gasteiger partial charge in [-0.05, 0) is 50.5 Å². The number of methoxy groups -OCH3 is 1. The molecule has 2 aromatic carbocycles. The highest BCUT2D eigenvalue weighted by Gasteiger charge is 2.26. The molecule has 7 heteroatoms. The molecular formula is C23H24N4O3. The molecular weight excluding hydrogens is 380 g/mol. The number of nitrogens with one attached hydrogen (secondary N) is 1. The Bertz CT molecular complexity index is 1070. The number of benzene rings is 2. The fourth-order valence-corrected chi connectivity index (χ4v) is 3.71. The molecule has 1 aromatic heterocycles. The number of hydrazone groups is 1. The van der Waals surface area contributed by atoms with E-state index in [1.807, 2.05) is 60.1 Å². The van der Waals surface area contributed by atoms with Crippen LogP contribution >= 0.6 is 0 Å². The van der Waals surface area contributed by atoms with Crippen molar-refractivity contribution in [2.75, 3.05) is 13.7 Å². The summed E-state index contributed by atoms with van der Waals surface area (Å²) in [5, 5.41) is 8.72. The summed E-state index contributed by atoms with van der Waals surface area (Å²) in [4.78, 5) is 12.8. The molecule has 1 heterocycles. The van der Waals surface area contributed by atoms with E-state index in [9.17, 15) is 4.79 Å². The lowest BCUT2D eigenvalue weighted by molar-refractivity contribution is 0.0949. The Morgan fingerprint density at radius 1 is 1.20 bits per heavy atom. The smallest absolute Gasteiger partial charge is 0.292 e. The lowest BCUT2D eigenvalue weighted by Gasteiger charge is -2.11. The quantitative estimate of drug-likeness (QED) is 0.483. The Balaban J connectivity index is 1.56. The number of hydrogen-bond acceptors (Lipinski definition) is 5. The van der Waals surface area contributed by atoms with E-state index in [4.69, 9.17) is 9.47 Å². The first-order chi connectivity index (χ1) is 14.7. The molecule has 0 spiro atoms. The molecule has 30 heavy (non-hydrogen) atoms. The first-order valence-electron chi connectivity index (χ1n) is 10.0. The van der Waals surface area contributed by atoms with E-state index in [-0.39, 0.29) is 5.91 Å². The number of nitrogens with zero attached hydrogens (tertiary/aromatic N) is 3. The number of aromatic nitrogens is 2. The molecule has 1 amide bonds. The van der Waals surface area contributed by atoms with E-state index in [0.29, 0.717) is 23.8 Å². The minimum absolute atomic E-state index is 0.320. The Kier molecular flexibility index (Phi) is 5.79. The summed E-state index contributed by atoms with van der Waals surface area (Å²) in [7, 11) is 1.59. The standard InChI is InChI=1S/C23H24N4O3/c1-3-30-22-16(9-7-14-20(22)29-2)15-24-25-23(28)21-18-12-8-13-19(18)27(26-21)17-10-5-4-6-11-17/h4-7,9-11,14-15H,3,8,12-13H2,1-2H3,(H,25,28)/b24-15+. The normalized spacial score (nSPS) is 12.7. The highest BCUT2D eigenvalue weighted by Crippen LogP contribution is 2.30. The van der Waals surface area contributed by atoms with Gasteiger partial charge < -0.3 is 9.47 Å². The first kappa shape index (κ1) is 19.7. The number of carbonyl (C=O) groups excluding carboxylic acids is 1. The number of hydrogen-bond donors (Lipinski definition) is 1. The summed E-state index contributed by atoms with van der Waals surface area (Å²) >= 11 is 0. The third kappa shape index (κ3) is 3.78.